The first-order chi connectivity index (χ1) is 11.8. The van der Waals surface area contributed by atoms with Crippen LogP contribution in [0, 0.1) is 5.82 Å². The molecular weight excluding hydrogens is 313 g/mol. The molecule has 0 spiro atoms. The molecule has 130 valence electrons. The number of methoxy groups -OCH3 is 1. The average Bonchev–Trinajstić information content (AvgIpc) is 3.03. The van der Waals surface area contributed by atoms with Gasteiger partial charge in [-0.05, 0) is 12.1 Å². The van der Waals surface area contributed by atoms with Crippen LogP contribution < -0.4 is 10.2 Å². The van der Waals surface area contributed by atoms with Crippen molar-refractivity contribution in [1.82, 2.24) is 10.5 Å². The summed E-state index contributed by atoms with van der Waals surface area (Å²) in [4.78, 5) is 2.09. The molecule has 0 bridgehead atoms. The zero-order valence-corrected chi connectivity index (χ0v) is 13.8. The highest BCUT2D eigenvalue weighted by atomic mass is 19.1. The molecule has 2 heterocycles. The molecule has 6 nitrogen and oxygen atoms in total. The molecule has 1 aliphatic heterocycles. The topological polar surface area (TPSA) is 59.8 Å². The van der Waals surface area contributed by atoms with Crippen LogP contribution in [0.4, 0.5) is 10.3 Å². The van der Waals surface area contributed by atoms with Crippen LogP contribution in [-0.2, 0) is 16.0 Å². The second kappa shape index (κ2) is 8.23. The smallest absolute Gasteiger partial charge is 0.232 e. The molecule has 0 amide bonds. The SMILES string of the molecule is COCCNCc1c(-c2ccccc2F)noc1N1CCOCC1. The summed E-state index contributed by atoms with van der Waals surface area (Å²) in [6, 6.07) is 6.61. The number of benzene rings is 1. The molecule has 0 saturated carbocycles. The van der Waals surface area contributed by atoms with E-state index >= 15 is 0 Å². The number of aromatic nitrogens is 1. The quantitative estimate of drug-likeness (QED) is 0.782. The molecule has 0 atom stereocenters. The Kier molecular flexibility index (Phi) is 5.79. The highest BCUT2D eigenvalue weighted by Gasteiger charge is 2.24. The van der Waals surface area contributed by atoms with Crippen LogP contribution in [0.15, 0.2) is 28.8 Å². The third-order valence-corrected chi connectivity index (χ3v) is 3.98. The fraction of sp³-hybridized carbons (Fsp3) is 0.471. The van der Waals surface area contributed by atoms with Gasteiger partial charge in [-0.3, -0.25) is 0 Å². The van der Waals surface area contributed by atoms with Crippen molar-refractivity contribution in [3.63, 3.8) is 0 Å². The molecule has 1 aromatic carbocycles. The lowest BCUT2D eigenvalue weighted by atomic mass is 10.1. The van der Waals surface area contributed by atoms with Crippen LogP contribution in [0.25, 0.3) is 11.3 Å². The number of nitrogens with one attached hydrogen (secondary N) is 1. The van der Waals surface area contributed by atoms with Gasteiger partial charge in [-0.15, -0.1) is 0 Å². The Labute approximate surface area is 140 Å². The lowest BCUT2D eigenvalue weighted by Crippen LogP contribution is -2.36. The lowest BCUT2D eigenvalue weighted by molar-refractivity contribution is 0.120. The van der Waals surface area contributed by atoms with Gasteiger partial charge in [0.2, 0.25) is 5.88 Å². The molecule has 3 rings (SSSR count). The van der Waals surface area contributed by atoms with Gasteiger partial charge in [0.05, 0.1) is 25.4 Å². The standard InChI is InChI=1S/C17H22FN3O3/c1-22-9-6-19-12-14-16(13-4-2-3-5-15(13)18)20-24-17(14)21-7-10-23-11-8-21/h2-5,19H,6-12H2,1H3. The number of hydrogen-bond donors (Lipinski definition) is 1. The highest BCUT2D eigenvalue weighted by molar-refractivity contribution is 5.68. The van der Waals surface area contributed by atoms with Gasteiger partial charge in [-0.1, -0.05) is 17.3 Å². The summed E-state index contributed by atoms with van der Waals surface area (Å²) in [6.45, 7) is 4.59. The summed E-state index contributed by atoms with van der Waals surface area (Å²) in [5, 5.41) is 7.45. The molecule has 1 fully saturated rings. The summed E-state index contributed by atoms with van der Waals surface area (Å²) in [5.74, 6) is 0.374. The van der Waals surface area contributed by atoms with Crippen molar-refractivity contribution in [3.8, 4) is 11.3 Å². The van der Waals surface area contributed by atoms with Gasteiger partial charge in [0.25, 0.3) is 0 Å². The van der Waals surface area contributed by atoms with E-state index in [0.29, 0.717) is 50.1 Å². The number of hydrogen-bond acceptors (Lipinski definition) is 6. The second-order valence-electron chi connectivity index (χ2n) is 5.56. The number of halogens is 1. The number of morpholine rings is 1. The Balaban J connectivity index is 1.89. The molecule has 1 aliphatic rings. The van der Waals surface area contributed by atoms with E-state index < -0.39 is 0 Å². The summed E-state index contributed by atoms with van der Waals surface area (Å²) >= 11 is 0. The molecule has 0 unspecified atom stereocenters. The Hall–Kier alpha value is -1.96. The van der Waals surface area contributed by atoms with Gasteiger partial charge >= 0.3 is 0 Å². The predicted molar refractivity (Wildman–Crippen MR) is 88.5 cm³/mol. The molecule has 24 heavy (non-hydrogen) atoms. The van der Waals surface area contributed by atoms with Gasteiger partial charge < -0.3 is 24.2 Å². The van der Waals surface area contributed by atoms with E-state index in [1.54, 1.807) is 25.3 Å². The average molecular weight is 335 g/mol. The van der Waals surface area contributed by atoms with Gasteiger partial charge in [-0.25, -0.2) is 4.39 Å². The molecule has 2 aromatic rings. The number of anilines is 1. The largest absolute Gasteiger partial charge is 0.383 e. The fourth-order valence-electron chi connectivity index (χ4n) is 2.73. The maximum absolute atomic E-state index is 14.2. The van der Waals surface area contributed by atoms with Crippen LogP contribution >= 0.6 is 0 Å². The molecule has 1 N–H and O–H groups in total. The van der Waals surface area contributed by atoms with E-state index in [1.807, 2.05) is 0 Å². The first kappa shape index (κ1) is 16.9. The first-order valence-electron chi connectivity index (χ1n) is 8.07. The zero-order chi connectivity index (χ0) is 16.8. The maximum atomic E-state index is 14.2. The van der Waals surface area contributed by atoms with Crippen molar-refractivity contribution in [3.05, 3.63) is 35.6 Å². The Bertz CT molecular complexity index is 656. The minimum atomic E-state index is -0.308. The van der Waals surface area contributed by atoms with E-state index in [9.17, 15) is 4.39 Å². The van der Waals surface area contributed by atoms with E-state index in [2.05, 4.69) is 15.4 Å². The first-order valence-corrected chi connectivity index (χ1v) is 8.07. The van der Waals surface area contributed by atoms with E-state index in [0.717, 1.165) is 18.7 Å². The summed E-state index contributed by atoms with van der Waals surface area (Å²) < 4.78 is 30.2. The van der Waals surface area contributed by atoms with Gasteiger partial charge in [0, 0.05) is 38.9 Å². The Morgan fingerprint density at radius 3 is 2.83 bits per heavy atom. The highest BCUT2D eigenvalue weighted by Crippen LogP contribution is 2.32. The second-order valence-corrected chi connectivity index (χ2v) is 5.56. The van der Waals surface area contributed by atoms with Gasteiger partial charge in [0.15, 0.2) is 0 Å². The number of ether oxygens (including phenoxy) is 2. The van der Waals surface area contributed by atoms with Crippen LogP contribution in [0.2, 0.25) is 0 Å². The van der Waals surface area contributed by atoms with Crippen molar-refractivity contribution in [2.75, 3.05) is 51.5 Å². The summed E-state index contributed by atoms with van der Waals surface area (Å²) in [7, 11) is 1.66. The monoisotopic (exact) mass is 335 g/mol. The van der Waals surface area contributed by atoms with Crippen LogP contribution in [0.1, 0.15) is 5.56 Å². The molecule has 0 radical (unpaired) electrons. The van der Waals surface area contributed by atoms with Gasteiger partial charge in [0.1, 0.15) is 11.5 Å². The zero-order valence-electron chi connectivity index (χ0n) is 13.8. The minimum Gasteiger partial charge on any atom is -0.383 e. The predicted octanol–water partition coefficient (Wildman–Crippen LogP) is 2.05. The third-order valence-electron chi connectivity index (χ3n) is 3.98. The van der Waals surface area contributed by atoms with Crippen LogP contribution in [0.5, 0.6) is 0 Å². The molecule has 0 aliphatic carbocycles. The molecule has 1 aromatic heterocycles. The van der Waals surface area contributed by atoms with E-state index in [1.165, 1.54) is 6.07 Å². The van der Waals surface area contributed by atoms with Crippen LogP contribution in [0.3, 0.4) is 0 Å². The van der Waals surface area contributed by atoms with Crippen LogP contribution in [-0.4, -0.2) is 51.7 Å². The van der Waals surface area contributed by atoms with E-state index in [4.69, 9.17) is 14.0 Å². The summed E-state index contributed by atoms with van der Waals surface area (Å²) in [6.07, 6.45) is 0. The van der Waals surface area contributed by atoms with Crippen molar-refractivity contribution in [2.24, 2.45) is 0 Å². The molecule has 1 saturated heterocycles. The van der Waals surface area contributed by atoms with Gasteiger partial charge in [-0.2, -0.15) is 0 Å². The number of rotatable bonds is 7. The maximum Gasteiger partial charge on any atom is 0.232 e. The minimum absolute atomic E-state index is 0.308. The number of nitrogens with zero attached hydrogens (tertiary/aromatic N) is 2. The van der Waals surface area contributed by atoms with Crippen molar-refractivity contribution < 1.29 is 18.4 Å². The normalized spacial score (nSPS) is 15.0. The lowest BCUT2D eigenvalue weighted by Gasteiger charge is -2.26. The molecular formula is C17H22FN3O3. The van der Waals surface area contributed by atoms with Crippen molar-refractivity contribution >= 4 is 5.88 Å². The van der Waals surface area contributed by atoms with E-state index in [-0.39, 0.29) is 5.82 Å². The summed E-state index contributed by atoms with van der Waals surface area (Å²) in [5.41, 5.74) is 1.85. The molecule has 7 heteroatoms. The van der Waals surface area contributed by atoms with Crippen molar-refractivity contribution in [1.29, 1.82) is 0 Å². The Morgan fingerprint density at radius 2 is 2.08 bits per heavy atom. The Morgan fingerprint density at radius 1 is 1.29 bits per heavy atom. The van der Waals surface area contributed by atoms with Crippen molar-refractivity contribution in [2.45, 2.75) is 6.54 Å². The fourth-order valence-corrected chi connectivity index (χ4v) is 2.73. The third kappa shape index (κ3) is 3.75.